The first-order chi connectivity index (χ1) is 14.8. The highest BCUT2D eigenvalue weighted by molar-refractivity contribution is 7.14. The summed E-state index contributed by atoms with van der Waals surface area (Å²) in [5.41, 5.74) is -0.250. The molecule has 1 aromatic carbocycles. The quantitative estimate of drug-likeness (QED) is 0.470. The number of amides is 1. The molecule has 0 spiro atoms. The van der Waals surface area contributed by atoms with Crippen LogP contribution in [0.1, 0.15) is 35.8 Å². The van der Waals surface area contributed by atoms with E-state index >= 15 is 0 Å². The molecule has 1 saturated heterocycles. The molecule has 1 aromatic heterocycles. The number of carbonyl (C=O) groups is 1. The zero-order valence-corrected chi connectivity index (χ0v) is 17.8. The molecule has 1 unspecified atom stereocenters. The van der Waals surface area contributed by atoms with Gasteiger partial charge in [-0.05, 0) is 25.3 Å². The van der Waals surface area contributed by atoms with E-state index in [2.05, 4.69) is 26.9 Å². The molecule has 2 heterocycles. The van der Waals surface area contributed by atoms with Gasteiger partial charge >= 0.3 is 6.61 Å². The molecule has 1 aliphatic heterocycles. The minimum Gasteiger partial charge on any atom is -0.493 e. The van der Waals surface area contributed by atoms with Crippen LogP contribution in [0.25, 0.3) is 0 Å². The number of halogens is 2. The molecule has 3 rings (SSSR count). The number of methoxy groups -OCH3 is 1. The van der Waals surface area contributed by atoms with Crippen LogP contribution in [0.4, 0.5) is 19.6 Å². The van der Waals surface area contributed by atoms with E-state index in [9.17, 15) is 23.7 Å². The highest BCUT2D eigenvalue weighted by Crippen LogP contribution is 2.36. The second kappa shape index (κ2) is 9.96. The van der Waals surface area contributed by atoms with Crippen molar-refractivity contribution in [1.82, 2.24) is 9.88 Å². The van der Waals surface area contributed by atoms with Gasteiger partial charge in [-0.15, -0.1) is 11.3 Å². The second-order valence-corrected chi connectivity index (χ2v) is 8.09. The molecule has 1 aliphatic rings. The Hall–Kier alpha value is -2.86. The average Bonchev–Trinajstić information content (AvgIpc) is 3.13. The third-order valence-corrected chi connectivity index (χ3v) is 5.64. The topological polar surface area (TPSA) is 107 Å². The van der Waals surface area contributed by atoms with Gasteiger partial charge in [-0.25, -0.2) is 4.98 Å². The zero-order chi connectivity index (χ0) is 22.5. The number of anilines is 1. The van der Waals surface area contributed by atoms with Crippen LogP contribution in [0.5, 0.6) is 11.5 Å². The van der Waals surface area contributed by atoms with Crippen LogP contribution in [-0.4, -0.2) is 47.5 Å². The molecule has 168 valence electrons. The highest BCUT2D eigenvalue weighted by Gasteiger charge is 2.26. The largest absolute Gasteiger partial charge is 0.493 e. The molecule has 31 heavy (non-hydrogen) atoms. The molecule has 2 aromatic rings. The Morgan fingerprint density at radius 3 is 2.87 bits per heavy atom. The number of alkyl halides is 2. The molecule has 0 radical (unpaired) electrons. The Morgan fingerprint density at radius 2 is 2.23 bits per heavy atom. The number of nitrogens with zero attached hydrogens (tertiary/aromatic N) is 3. The van der Waals surface area contributed by atoms with Crippen molar-refractivity contribution in [2.24, 2.45) is 5.92 Å². The maximum Gasteiger partial charge on any atom is 0.387 e. The normalized spacial score (nSPS) is 16.9. The molecule has 1 amide bonds. The number of piperidine rings is 1. The molecule has 0 aliphatic carbocycles. The number of nitro benzene ring substituents is 1. The van der Waals surface area contributed by atoms with E-state index in [1.165, 1.54) is 24.9 Å². The summed E-state index contributed by atoms with van der Waals surface area (Å²) in [5, 5.41) is 16.0. The smallest absolute Gasteiger partial charge is 0.387 e. The highest BCUT2D eigenvalue weighted by atomic mass is 32.1. The summed E-state index contributed by atoms with van der Waals surface area (Å²) in [4.78, 5) is 29.9. The lowest BCUT2D eigenvalue weighted by molar-refractivity contribution is -0.385. The third kappa shape index (κ3) is 5.85. The van der Waals surface area contributed by atoms with Gasteiger partial charge in [0.1, 0.15) is 5.56 Å². The van der Waals surface area contributed by atoms with E-state index in [0.29, 0.717) is 12.5 Å². The van der Waals surface area contributed by atoms with E-state index < -0.39 is 28.9 Å². The van der Waals surface area contributed by atoms with Gasteiger partial charge in [-0.1, -0.05) is 6.92 Å². The monoisotopic (exact) mass is 456 g/mol. The summed E-state index contributed by atoms with van der Waals surface area (Å²) < 4.78 is 34.3. The molecular weight excluding hydrogens is 434 g/mol. The van der Waals surface area contributed by atoms with Crippen molar-refractivity contribution in [1.29, 1.82) is 0 Å². The van der Waals surface area contributed by atoms with Crippen LogP contribution in [0.15, 0.2) is 17.5 Å². The SMILES string of the molecule is COc1cc(C(=O)Nc2nc(CN3CCCC(C)C3)cs2)c([N+](=O)[O-])cc1OC(F)F. The van der Waals surface area contributed by atoms with Gasteiger partial charge in [0.2, 0.25) is 0 Å². The number of hydrogen-bond donors (Lipinski definition) is 1. The Kier molecular flexibility index (Phi) is 7.33. The number of thiazole rings is 1. The molecule has 12 heteroatoms. The predicted molar refractivity (Wildman–Crippen MR) is 110 cm³/mol. The fraction of sp³-hybridized carbons (Fsp3) is 0.474. The fourth-order valence-electron chi connectivity index (χ4n) is 3.49. The van der Waals surface area contributed by atoms with Crippen molar-refractivity contribution >= 4 is 28.1 Å². The summed E-state index contributed by atoms with van der Waals surface area (Å²) in [6.07, 6.45) is 2.34. The van der Waals surface area contributed by atoms with Gasteiger partial charge < -0.3 is 9.47 Å². The van der Waals surface area contributed by atoms with Gasteiger partial charge in [-0.2, -0.15) is 8.78 Å². The minimum atomic E-state index is -3.20. The van der Waals surface area contributed by atoms with E-state index in [1.807, 2.05) is 5.38 Å². The molecular formula is C19H22F2N4O5S. The summed E-state index contributed by atoms with van der Waals surface area (Å²) in [5.74, 6) is -0.941. The van der Waals surface area contributed by atoms with Crippen LogP contribution in [0.3, 0.4) is 0 Å². The molecule has 1 atom stereocenters. The summed E-state index contributed by atoms with van der Waals surface area (Å²) in [6.45, 7) is 1.63. The number of hydrogen-bond acceptors (Lipinski definition) is 8. The standard InChI is InChI=1S/C19H22F2N4O5S/c1-11-4-3-5-24(8-11)9-12-10-31-19(22-12)23-17(26)13-6-15(29-2)16(30-18(20)21)7-14(13)25(27)28/h6-7,10-11,18H,3-5,8-9H2,1-2H3,(H,22,23,26). The van der Waals surface area contributed by atoms with Gasteiger partial charge in [-0.3, -0.25) is 25.1 Å². The number of benzene rings is 1. The maximum atomic E-state index is 12.7. The van der Waals surface area contributed by atoms with Crippen molar-refractivity contribution in [2.75, 3.05) is 25.5 Å². The lowest BCUT2D eigenvalue weighted by Gasteiger charge is -2.30. The van der Waals surface area contributed by atoms with Crippen LogP contribution >= 0.6 is 11.3 Å². The average molecular weight is 456 g/mol. The first kappa shape index (κ1) is 22.8. The molecule has 0 bridgehead atoms. The number of nitro groups is 1. The number of ether oxygens (including phenoxy) is 2. The van der Waals surface area contributed by atoms with E-state index in [0.717, 1.165) is 37.3 Å². The number of likely N-dealkylation sites (tertiary alicyclic amines) is 1. The first-order valence-electron chi connectivity index (χ1n) is 9.56. The van der Waals surface area contributed by atoms with Crippen LogP contribution in [-0.2, 0) is 6.54 Å². The summed E-state index contributed by atoms with van der Waals surface area (Å²) in [6, 6.07) is 1.74. The van der Waals surface area contributed by atoms with Crippen molar-refractivity contribution < 1.29 is 28.0 Å². The lowest BCUT2D eigenvalue weighted by atomic mass is 10.0. The summed E-state index contributed by atoms with van der Waals surface area (Å²) in [7, 11) is 1.18. The number of nitrogens with one attached hydrogen (secondary N) is 1. The molecule has 0 saturated carbocycles. The fourth-order valence-corrected chi connectivity index (χ4v) is 4.19. The lowest BCUT2D eigenvalue weighted by Crippen LogP contribution is -2.33. The Balaban J connectivity index is 1.76. The number of aromatic nitrogens is 1. The van der Waals surface area contributed by atoms with Crippen LogP contribution in [0.2, 0.25) is 0 Å². The molecule has 1 fully saturated rings. The van der Waals surface area contributed by atoms with Crippen LogP contribution in [0, 0.1) is 16.0 Å². The summed E-state index contributed by atoms with van der Waals surface area (Å²) >= 11 is 1.20. The minimum absolute atomic E-state index is 0.227. The van der Waals surface area contributed by atoms with Crippen molar-refractivity contribution in [2.45, 2.75) is 32.9 Å². The predicted octanol–water partition coefficient (Wildman–Crippen LogP) is 4.15. The van der Waals surface area contributed by atoms with E-state index in [-0.39, 0.29) is 16.4 Å². The molecule has 9 nitrogen and oxygen atoms in total. The van der Waals surface area contributed by atoms with Crippen molar-refractivity contribution in [3.63, 3.8) is 0 Å². The van der Waals surface area contributed by atoms with Gasteiger partial charge in [0.05, 0.1) is 23.8 Å². The Bertz CT molecular complexity index is 955. The number of carbonyl (C=O) groups excluding carboxylic acids is 1. The van der Waals surface area contributed by atoms with Gasteiger partial charge in [0, 0.05) is 24.5 Å². The third-order valence-electron chi connectivity index (χ3n) is 4.84. The zero-order valence-electron chi connectivity index (χ0n) is 17.0. The molecule has 1 N–H and O–H groups in total. The van der Waals surface area contributed by atoms with Crippen molar-refractivity contribution in [3.05, 3.63) is 38.9 Å². The maximum absolute atomic E-state index is 12.7. The van der Waals surface area contributed by atoms with Crippen LogP contribution < -0.4 is 14.8 Å². The Labute approximate surface area is 181 Å². The first-order valence-corrected chi connectivity index (χ1v) is 10.4. The van der Waals surface area contributed by atoms with Gasteiger partial charge in [0.15, 0.2) is 16.6 Å². The number of rotatable bonds is 8. The van der Waals surface area contributed by atoms with Gasteiger partial charge in [0.25, 0.3) is 11.6 Å². The second-order valence-electron chi connectivity index (χ2n) is 7.24. The van der Waals surface area contributed by atoms with E-state index in [1.54, 1.807) is 0 Å². The van der Waals surface area contributed by atoms with Crippen molar-refractivity contribution in [3.8, 4) is 11.5 Å². The Morgan fingerprint density at radius 1 is 1.45 bits per heavy atom. The van der Waals surface area contributed by atoms with E-state index in [4.69, 9.17) is 4.74 Å².